The van der Waals surface area contributed by atoms with E-state index in [0.717, 1.165) is 24.2 Å². The summed E-state index contributed by atoms with van der Waals surface area (Å²) < 4.78 is 4.77. The van der Waals surface area contributed by atoms with Crippen molar-refractivity contribution in [2.24, 2.45) is 13.0 Å². The van der Waals surface area contributed by atoms with Gasteiger partial charge in [0.25, 0.3) is 0 Å². The van der Waals surface area contributed by atoms with Crippen molar-refractivity contribution < 1.29 is 4.57 Å². The Morgan fingerprint density at radius 1 is 1.00 bits per heavy atom. The van der Waals surface area contributed by atoms with Gasteiger partial charge >= 0.3 is 0 Å². The Kier molecular flexibility index (Phi) is 4.45. The van der Waals surface area contributed by atoms with E-state index in [1.165, 1.54) is 55.6 Å². The minimum Gasteiger partial charge on any atom is -0.295 e. The lowest BCUT2D eigenvalue weighted by Gasteiger charge is -2.14. The van der Waals surface area contributed by atoms with Gasteiger partial charge in [-0.05, 0) is 66.6 Å². The topological polar surface area (TPSA) is 21.7 Å². The molecule has 0 bridgehead atoms. The average Bonchev–Trinajstić information content (AvgIpc) is 3.31. The Morgan fingerprint density at radius 3 is 2.64 bits per heavy atom. The molecule has 0 saturated carbocycles. The molecule has 0 fully saturated rings. The van der Waals surface area contributed by atoms with Gasteiger partial charge in [0.05, 0.1) is 22.3 Å². The van der Waals surface area contributed by atoms with Gasteiger partial charge in [-0.3, -0.25) is 4.57 Å². The lowest BCUT2D eigenvalue weighted by Crippen LogP contribution is -2.32. The Hall–Kier alpha value is -3.46. The van der Waals surface area contributed by atoms with Crippen LogP contribution in [0.2, 0.25) is 0 Å². The molecule has 0 saturated heterocycles. The van der Waals surface area contributed by atoms with Gasteiger partial charge in [0, 0.05) is 23.9 Å². The van der Waals surface area contributed by atoms with Crippen molar-refractivity contribution >= 4 is 21.9 Å². The van der Waals surface area contributed by atoms with Crippen LogP contribution in [-0.4, -0.2) is 9.55 Å². The van der Waals surface area contributed by atoms with E-state index in [4.69, 9.17) is 4.98 Å². The molecule has 0 unspecified atom stereocenters. The lowest BCUT2D eigenvalue weighted by molar-refractivity contribution is -0.633. The van der Waals surface area contributed by atoms with Crippen LogP contribution >= 0.6 is 0 Å². The maximum atomic E-state index is 5.09. The number of aryl methyl sites for hydroxylation is 2. The number of fused-ring (bicyclic) bond motifs is 6. The molecule has 6 rings (SSSR count). The zero-order valence-electron chi connectivity index (χ0n) is 20.1. The van der Waals surface area contributed by atoms with E-state index in [1.807, 2.05) is 0 Å². The van der Waals surface area contributed by atoms with Gasteiger partial charge < -0.3 is 0 Å². The SMILES string of the molecule is Cc1cc2nc3n(c2c(-c2ccc4c(CC(C)C)cccc4[n+]2C)c1C)-c1ccccc1C3. The fourth-order valence-electron chi connectivity index (χ4n) is 5.61. The first-order valence-electron chi connectivity index (χ1n) is 11.9. The Bertz CT molecular complexity index is 1570. The van der Waals surface area contributed by atoms with Crippen LogP contribution in [0.5, 0.6) is 0 Å². The first-order chi connectivity index (χ1) is 15.9. The van der Waals surface area contributed by atoms with Crippen molar-refractivity contribution in [3.8, 4) is 16.9 Å². The third-order valence-corrected chi connectivity index (χ3v) is 7.30. The molecule has 0 atom stereocenters. The molecule has 0 N–H and O–H groups in total. The zero-order valence-corrected chi connectivity index (χ0v) is 20.1. The van der Waals surface area contributed by atoms with E-state index < -0.39 is 0 Å². The normalized spacial score (nSPS) is 12.7. The number of para-hydroxylation sites is 1. The summed E-state index contributed by atoms with van der Waals surface area (Å²) in [5.41, 5.74) is 12.8. The van der Waals surface area contributed by atoms with Gasteiger partial charge in [-0.1, -0.05) is 44.2 Å². The molecule has 0 radical (unpaired) electrons. The van der Waals surface area contributed by atoms with Gasteiger partial charge in [0.1, 0.15) is 12.9 Å². The highest BCUT2D eigenvalue weighted by molar-refractivity contribution is 5.96. The van der Waals surface area contributed by atoms with E-state index in [2.05, 4.69) is 105 Å². The number of imidazole rings is 1. The van der Waals surface area contributed by atoms with Crippen LogP contribution < -0.4 is 4.57 Å². The van der Waals surface area contributed by atoms with Crippen molar-refractivity contribution in [1.29, 1.82) is 0 Å². The van der Waals surface area contributed by atoms with Crippen molar-refractivity contribution in [3.63, 3.8) is 0 Å². The fraction of sp³-hybridized carbons (Fsp3) is 0.267. The largest absolute Gasteiger partial charge is 0.295 e. The quantitative estimate of drug-likeness (QED) is 0.297. The molecule has 3 nitrogen and oxygen atoms in total. The molecule has 5 aromatic rings. The molecule has 1 aliphatic rings. The monoisotopic (exact) mass is 432 g/mol. The fourth-order valence-corrected chi connectivity index (χ4v) is 5.61. The van der Waals surface area contributed by atoms with Crippen LogP contribution in [0.15, 0.2) is 60.7 Å². The molecule has 0 spiro atoms. The average molecular weight is 433 g/mol. The molecule has 33 heavy (non-hydrogen) atoms. The number of benzene rings is 3. The van der Waals surface area contributed by atoms with E-state index in [0.29, 0.717) is 5.92 Å². The first kappa shape index (κ1) is 20.2. The van der Waals surface area contributed by atoms with Gasteiger partial charge in [-0.15, -0.1) is 0 Å². The highest BCUT2D eigenvalue weighted by Crippen LogP contribution is 2.39. The van der Waals surface area contributed by atoms with Crippen molar-refractivity contribution in [1.82, 2.24) is 9.55 Å². The molecule has 0 aliphatic carbocycles. The van der Waals surface area contributed by atoms with E-state index in [9.17, 15) is 0 Å². The molecule has 3 aromatic carbocycles. The zero-order chi connectivity index (χ0) is 22.9. The molecule has 3 heteroatoms. The molecule has 164 valence electrons. The number of nitrogens with zero attached hydrogens (tertiary/aromatic N) is 3. The van der Waals surface area contributed by atoms with Crippen molar-refractivity contribution in [3.05, 3.63) is 88.7 Å². The van der Waals surface area contributed by atoms with Crippen LogP contribution in [-0.2, 0) is 19.9 Å². The Morgan fingerprint density at radius 2 is 1.82 bits per heavy atom. The van der Waals surface area contributed by atoms with Crippen LogP contribution in [0.3, 0.4) is 0 Å². The van der Waals surface area contributed by atoms with E-state index in [1.54, 1.807) is 0 Å². The number of hydrogen-bond acceptors (Lipinski definition) is 1. The summed E-state index contributed by atoms with van der Waals surface area (Å²) >= 11 is 0. The molecular weight excluding hydrogens is 402 g/mol. The van der Waals surface area contributed by atoms with Gasteiger partial charge in [-0.25, -0.2) is 4.98 Å². The van der Waals surface area contributed by atoms with E-state index >= 15 is 0 Å². The maximum absolute atomic E-state index is 5.09. The third-order valence-electron chi connectivity index (χ3n) is 7.30. The van der Waals surface area contributed by atoms with Crippen molar-refractivity contribution in [2.45, 2.75) is 40.5 Å². The van der Waals surface area contributed by atoms with Crippen LogP contribution in [0.1, 0.15) is 41.9 Å². The summed E-state index contributed by atoms with van der Waals surface area (Å²) in [6.45, 7) is 9.04. The second-order valence-electron chi connectivity index (χ2n) is 9.96. The highest BCUT2D eigenvalue weighted by Gasteiger charge is 2.28. The molecule has 2 aromatic heterocycles. The molecule has 0 amide bonds. The predicted molar refractivity (Wildman–Crippen MR) is 136 cm³/mol. The standard InChI is InChI=1S/C30H30N3/c1-18(2)15-21-10-8-12-26-23(21)13-14-27(32(26)5)29-20(4)19(3)16-24-30(29)33-25-11-7-6-9-22(25)17-28(33)31-24/h6-14,16,18H,15,17H2,1-5H3/q+1. The molecular formula is C30H30N3+. The first-order valence-corrected chi connectivity index (χ1v) is 11.9. The summed E-state index contributed by atoms with van der Waals surface area (Å²) in [5, 5.41) is 1.35. The lowest BCUT2D eigenvalue weighted by atomic mass is 9.95. The second kappa shape index (κ2) is 7.28. The number of hydrogen-bond donors (Lipinski definition) is 0. The minimum atomic E-state index is 0.633. The van der Waals surface area contributed by atoms with E-state index in [-0.39, 0.29) is 0 Å². The number of rotatable bonds is 3. The highest BCUT2D eigenvalue weighted by atomic mass is 15.1. The van der Waals surface area contributed by atoms with Crippen molar-refractivity contribution in [2.75, 3.05) is 0 Å². The number of aromatic nitrogens is 3. The smallest absolute Gasteiger partial charge is 0.215 e. The van der Waals surface area contributed by atoms with Crippen LogP contribution in [0, 0.1) is 19.8 Å². The molecule has 3 heterocycles. The van der Waals surface area contributed by atoms with Gasteiger partial charge in [0.15, 0.2) is 0 Å². The summed E-state index contributed by atoms with van der Waals surface area (Å²) in [4.78, 5) is 5.09. The second-order valence-corrected chi connectivity index (χ2v) is 9.96. The molecule has 1 aliphatic heterocycles. The number of pyridine rings is 1. The maximum Gasteiger partial charge on any atom is 0.215 e. The predicted octanol–water partition coefficient (Wildman–Crippen LogP) is 6.39. The summed E-state index contributed by atoms with van der Waals surface area (Å²) in [6.07, 6.45) is 1.99. The van der Waals surface area contributed by atoms with Gasteiger partial charge in [0.2, 0.25) is 11.2 Å². The summed E-state index contributed by atoms with van der Waals surface area (Å²) in [6, 6.07) is 22.3. The van der Waals surface area contributed by atoms with Crippen LogP contribution in [0.25, 0.3) is 38.9 Å². The van der Waals surface area contributed by atoms with Gasteiger partial charge in [-0.2, -0.15) is 4.57 Å². The minimum absolute atomic E-state index is 0.633. The summed E-state index contributed by atoms with van der Waals surface area (Å²) in [7, 11) is 2.21. The van der Waals surface area contributed by atoms with Crippen LogP contribution in [0.4, 0.5) is 0 Å². The Labute approximate surface area is 195 Å². The summed E-state index contributed by atoms with van der Waals surface area (Å²) in [5.74, 6) is 1.77. The Balaban J connectivity index is 1.68. The third kappa shape index (κ3) is 2.95.